The summed E-state index contributed by atoms with van der Waals surface area (Å²) in [4.78, 5) is 20.4. The van der Waals surface area contributed by atoms with Crippen molar-refractivity contribution < 1.29 is 4.79 Å². The largest absolute Gasteiger partial charge is 0.354 e. The Balaban J connectivity index is 1.48. The van der Waals surface area contributed by atoms with Crippen LogP contribution in [0.25, 0.3) is 11.0 Å². The summed E-state index contributed by atoms with van der Waals surface area (Å²) < 4.78 is 2.18. The lowest BCUT2D eigenvalue weighted by molar-refractivity contribution is -0.122. The van der Waals surface area contributed by atoms with E-state index >= 15 is 0 Å². The van der Waals surface area contributed by atoms with Crippen LogP contribution in [0.3, 0.4) is 0 Å². The Bertz CT molecular complexity index is 787. The number of rotatable bonds is 9. The van der Waals surface area contributed by atoms with Crippen LogP contribution in [0.1, 0.15) is 51.4 Å². The lowest BCUT2D eigenvalue weighted by atomic mass is 10.0. The van der Waals surface area contributed by atoms with Crippen LogP contribution in [0.4, 0.5) is 0 Å². The van der Waals surface area contributed by atoms with Gasteiger partial charge in [-0.25, -0.2) is 4.98 Å². The fourth-order valence-electron chi connectivity index (χ4n) is 3.19. The van der Waals surface area contributed by atoms with E-state index in [1.807, 2.05) is 36.4 Å². The van der Waals surface area contributed by atoms with Gasteiger partial charge in [-0.3, -0.25) is 4.79 Å². The molecular formula is C21H28N4O. The molecule has 0 aliphatic heterocycles. The van der Waals surface area contributed by atoms with Gasteiger partial charge in [-0.2, -0.15) is 0 Å². The lowest BCUT2D eigenvalue weighted by Crippen LogP contribution is -2.32. The van der Waals surface area contributed by atoms with Crippen LogP contribution < -0.4 is 5.32 Å². The van der Waals surface area contributed by atoms with Crippen LogP contribution >= 0.6 is 0 Å². The number of amides is 1. The van der Waals surface area contributed by atoms with Crippen molar-refractivity contribution in [1.82, 2.24) is 19.9 Å². The second kappa shape index (κ2) is 8.70. The molecule has 0 fully saturated rings. The molecule has 2 aromatic heterocycles. The van der Waals surface area contributed by atoms with E-state index in [1.165, 1.54) is 0 Å². The number of benzene rings is 1. The maximum Gasteiger partial charge on any atom is 0.220 e. The van der Waals surface area contributed by atoms with Gasteiger partial charge in [0.15, 0.2) is 0 Å². The standard InChI is InChI=1S/C21H28N4O/c1-16(2)20(21-22-17-10-5-6-11-18(17)23-21)24-19(26)12-4-3-7-13-25-14-8-9-15-25/h5-6,8-11,14-16,20H,3-4,7,12-13H2,1-2H3,(H,22,23)(H,24,26). The van der Waals surface area contributed by atoms with Crippen LogP contribution in [0.2, 0.25) is 0 Å². The lowest BCUT2D eigenvalue weighted by Gasteiger charge is -2.20. The van der Waals surface area contributed by atoms with Gasteiger partial charge in [-0.15, -0.1) is 0 Å². The zero-order valence-electron chi connectivity index (χ0n) is 15.6. The maximum absolute atomic E-state index is 12.4. The van der Waals surface area contributed by atoms with Crippen molar-refractivity contribution in [2.75, 3.05) is 0 Å². The van der Waals surface area contributed by atoms with Crippen LogP contribution in [-0.4, -0.2) is 20.4 Å². The quantitative estimate of drug-likeness (QED) is 0.559. The molecule has 1 unspecified atom stereocenters. The van der Waals surface area contributed by atoms with Gasteiger partial charge >= 0.3 is 0 Å². The fourth-order valence-corrected chi connectivity index (χ4v) is 3.19. The van der Waals surface area contributed by atoms with Gasteiger partial charge in [0.05, 0.1) is 17.1 Å². The smallest absolute Gasteiger partial charge is 0.220 e. The van der Waals surface area contributed by atoms with Crippen molar-refractivity contribution in [2.45, 2.75) is 52.1 Å². The number of carbonyl (C=O) groups is 1. The molecule has 138 valence electrons. The number of nitrogens with one attached hydrogen (secondary N) is 2. The molecule has 1 aromatic carbocycles. The number of hydrogen-bond acceptors (Lipinski definition) is 2. The monoisotopic (exact) mass is 352 g/mol. The van der Waals surface area contributed by atoms with Crippen molar-refractivity contribution in [1.29, 1.82) is 0 Å². The second-order valence-corrected chi connectivity index (χ2v) is 7.16. The van der Waals surface area contributed by atoms with Gasteiger partial charge in [0, 0.05) is 25.4 Å². The zero-order chi connectivity index (χ0) is 18.4. The van der Waals surface area contributed by atoms with Crippen molar-refractivity contribution in [3.05, 3.63) is 54.6 Å². The normalized spacial score (nSPS) is 12.6. The number of aromatic amines is 1. The van der Waals surface area contributed by atoms with Gasteiger partial charge in [-0.05, 0) is 43.0 Å². The predicted octanol–water partition coefficient (Wildman–Crippen LogP) is 4.44. The third-order valence-corrected chi connectivity index (χ3v) is 4.67. The second-order valence-electron chi connectivity index (χ2n) is 7.16. The number of aryl methyl sites for hydroxylation is 1. The van der Waals surface area contributed by atoms with Gasteiger partial charge in [0.2, 0.25) is 5.91 Å². The first-order chi connectivity index (χ1) is 12.6. The average molecular weight is 352 g/mol. The molecule has 3 aromatic rings. The maximum atomic E-state index is 12.4. The fraction of sp³-hybridized carbons (Fsp3) is 0.429. The highest BCUT2D eigenvalue weighted by Gasteiger charge is 2.21. The Labute approximate surface area is 154 Å². The van der Waals surface area contributed by atoms with Crippen LogP contribution in [0, 0.1) is 5.92 Å². The van der Waals surface area contributed by atoms with Crippen LogP contribution in [0.15, 0.2) is 48.8 Å². The highest BCUT2D eigenvalue weighted by molar-refractivity contribution is 5.77. The first kappa shape index (κ1) is 18.2. The number of fused-ring (bicyclic) bond motifs is 1. The van der Waals surface area contributed by atoms with Crippen LogP contribution in [-0.2, 0) is 11.3 Å². The topological polar surface area (TPSA) is 62.7 Å². The minimum Gasteiger partial charge on any atom is -0.354 e. The highest BCUT2D eigenvalue weighted by atomic mass is 16.1. The number of para-hydroxylation sites is 2. The number of H-pyrrole nitrogens is 1. The molecule has 1 atom stereocenters. The summed E-state index contributed by atoms with van der Waals surface area (Å²) in [6.07, 6.45) is 7.79. The molecule has 5 nitrogen and oxygen atoms in total. The Kier molecular flexibility index (Phi) is 6.10. The van der Waals surface area contributed by atoms with E-state index in [0.717, 1.165) is 42.7 Å². The molecule has 3 rings (SSSR count). The Morgan fingerprint density at radius 1 is 1.12 bits per heavy atom. The van der Waals surface area contributed by atoms with Gasteiger partial charge < -0.3 is 14.9 Å². The summed E-state index contributed by atoms with van der Waals surface area (Å²) >= 11 is 0. The highest BCUT2D eigenvalue weighted by Crippen LogP contribution is 2.22. The molecule has 1 amide bonds. The summed E-state index contributed by atoms with van der Waals surface area (Å²) in [5.41, 5.74) is 1.94. The molecule has 2 N–H and O–H groups in total. The van der Waals surface area contributed by atoms with E-state index in [9.17, 15) is 4.79 Å². The minimum atomic E-state index is -0.0882. The molecule has 0 aliphatic carbocycles. The zero-order valence-corrected chi connectivity index (χ0v) is 15.6. The van der Waals surface area contributed by atoms with Crippen molar-refractivity contribution in [3.63, 3.8) is 0 Å². The Hall–Kier alpha value is -2.56. The molecule has 5 heteroatoms. The van der Waals surface area contributed by atoms with Crippen molar-refractivity contribution in [2.24, 2.45) is 5.92 Å². The van der Waals surface area contributed by atoms with Gasteiger partial charge in [0.25, 0.3) is 0 Å². The summed E-state index contributed by atoms with van der Waals surface area (Å²) in [6.45, 7) is 5.23. The summed E-state index contributed by atoms with van der Waals surface area (Å²) in [5.74, 6) is 1.21. The molecule has 0 radical (unpaired) electrons. The van der Waals surface area contributed by atoms with Crippen LogP contribution in [0.5, 0.6) is 0 Å². The summed E-state index contributed by atoms with van der Waals surface area (Å²) in [5, 5.41) is 3.16. The third-order valence-electron chi connectivity index (χ3n) is 4.67. The molecule has 0 saturated carbocycles. The predicted molar refractivity (Wildman–Crippen MR) is 105 cm³/mol. The number of aromatic nitrogens is 3. The first-order valence-electron chi connectivity index (χ1n) is 9.48. The van der Waals surface area contributed by atoms with Crippen molar-refractivity contribution >= 4 is 16.9 Å². The average Bonchev–Trinajstić information content (AvgIpc) is 3.28. The van der Waals surface area contributed by atoms with E-state index in [-0.39, 0.29) is 17.9 Å². The minimum absolute atomic E-state index is 0.0882. The molecule has 0 spiro atoms. The number of hydrogen-bond donors (Lipinski definition) is 2. The van der Waals surface area contributed by atoms with Gasteiger partial charge in [-0.1, -0.05) is 32.4 Å². The van der Waals surface area contributed by atoms with E-state index in [4.69, 9.17) is 0 Å². The molecule has 0 aliphatic rings. The van der Waals surface area contributed by atoms with Crippen molar-refractivity contribution in [3.8, 4) is 0 Å². The van der Waals surface area contributed by atoms with E-state index in [1.54, 1.807) is 0 Å². The molecule has 0 bridgehead atoms. The number of carbonyl (C=O) groups excluding carboxylic acids is 1. The van der Waals surface area contributed by atoms with E-state index < -0.39 is 0 Å². The number of imidazole rings is 1. The molecular weight excluding hydrogens is 324 g/mol. The third kappa shape index (κ3) is 4.75. The molecule has 0 saturated heterocycles. The van der Waals surface area contributed by atoms with Gasteiger partial charge in [0.1, 0.15) is 5.82 Å². The number of unbranched alkanes of at least 4 members (excludes halogenated alkanes) is 2. The number of nitrogens with zero attached hydrogens (tertiary/aromatic N) is 2. The summed E-state index contributed by atoms with van der Waals surface area (Å²) in [7, 11) is 0. The molecule has 2 heterocycles. The summed E-state index contributed by atoms with van der Waals surface area (Å²) in [6, 6.07) is 11.9. The SMILES string of the molecule is CC(C)C(NC(=O)CCCCCn1cccc1)c1nc2ccccc2[nH]1. The first-order valence-corrected chi connectivity index (χ1v) is 9.48. The van der Waals surface area contributed by atoms with E-state index in [0.29, 0.717) is 6.42 Å². The Morgan fingerprint density at radius 3 is 2.62 bits per heavy atom. The molecule has 26 heavy (non-hydrogen) atoms. The Morgan fingerprint density at radius 2 is 1.88 bits per heavy atom. The van der Waals surface area contributed by atoms with E-state index in [2.05, 4.69) is 46.1 Å².